The topological polar surface area (TPSA) is 83.8 Å². The zero-order valence-corrected chi connectivity index (χ0v) is 8.13. The average molecular weight is 204 g/mol. The van der Waals surface area contributed by atoms with Crippen molar-refractivity contribution in [2.24, 2.45) is 16.1 Å². The molecule has 5 nitrogen and oxygen atoms in total. The monoisotopic (exact) mass is 204 g/mol. The zero-order chi connectivity index (χ0) is 10.9. The molecule has 0 aromatic heterocycles. The number of hydrogen-bond acceptors (Lipinski definition) is 4. The van der Waals surface area contributed by atoms with E-state index in [-0.39, 0.29) is 0 Å². The third-order valence-corrected chi connectivity index (χ3v) is 1.68. The molecular weight excluding hydrogens is 192 g/mol. The quantitative estimate of drug-likeness (QED) is 0.241. The number of para-hydroxylation sites is 1. The lowest BCUT2D eigenvalue weighted by Crippen LogP contribution is -1.98. The molecular formula is C10H12N4O. The Kier molecular flexibility index (Phi) is 4.59. The van der Waals surface area contributed by atoms with Gasteiger partial charge in [-0.2, -0.15) is 5.10 Å². The van der Waals surface area contributed by atoms with Crippen LogP contribution in [0.25, 0.3) is 6.08 Å². The van der Waals surface area contributed by atoms with Crippen molar-refractivity contribution in [3.8, 4) is 5.75 Å². The summed E-state index contributed by atoms with van der Waals surface area (Å²) in [5.74, 6) is 5.49. The van der Waals surface area contributed by atoms with E-state index >= 15 is 0 Å². The maximum atomic E-state index is 6.00. The third-order valence-electron chi connectivity index (χ3n) is 1.68. The smallest absolute Gasteiger partial charge is 0.156 e. The van der Waals surface area contributed by atoms with Gasteiger partial charge < -0.3 is 10.6 Å². The summed E-state index contributed by atoms with van der Waals surface area (Å²) in [4.78, 5) is 0. The lowest BCUT2D eigenvalue weighted by atomic mass is 10.1. The Balaban J connectivity index is 0.000000195. The second-order valence-electron chi connectivity index (χ2n) is 2.64. The highest BCUT2D eigenvalue weighted by atomic mass is 16.5. The number of benzene rings is 1. The SMILES string of the molecule is C1=Cc2ccccc2OC1.N=NC=NN. The summed E-state index contributed by atoms with van der Waals surface area (Å²) in [6.07, 6.45) is 5.04. The first-order chi connectivity index (χ1) is 7.38. The first-order valence-corrected chi connectivity index (χ1v) is 4.35. The van der Waals surface area contributed by atoms with E-state index in [0.29, 0.717) is 6.61 Å². The van der Waals surface area contributed by atoms with Crippen LogP contribution >= 0.6 is 0 Å². The van der Waals surface area contributed by atoms with Crippen molar-refractivity contribution in [2.45, 2.75) is 0 Å². The second kappa shape index (κ2) is 6.31. The van der Waals surface area contributed by atoms with E-state index in [1.165, 1.54) is 5.56 Å². The van der Waals surface area contributed by atoms with Gasteiger partial charge in [0.1, 0.15) is 12.4 Å². The van der Waals surface area contributed by atoms with E-state index in [2.05, 4.69) is 22.1 Å². The highest BCUT2D eigenvalue weighted by Crippen LogP contribution is 2.21. The van der Waals surface area contributed by atoms with Crippen molar-refractivity contribution in [3.05, 3.63) is 35.9 Å². The van der Waals surface area contributed by atoms with Gasteiger partial charge in [0.25, 0.3) is 0 Å². The first kappa shape index (κ1) is 10.9. The van der Waals surface area contributed by atoms with Crippen molar-refractivity contribution in [1.29, 1.82) is 5.53 Å². The number of hydrogen-bond donors (Lipinski definition) is 2. The zero-order valence-electron chi connectivity index (χ0n) is 8.13. The molecule has 0 atom stereocenters. The van der Waals surface area contributed by atoms with E-state index in [9.17, 15) is 0 Å². The molecule has 1 aromatic carbocycles. The molecule has 3 N–H and O–H groups in total. The van der Waals surface area contributed by atoms with Gasteiger partial charge in [-0.25, -0.2) is 5.53 Å². The van der Waals surface area contributed by atoms with E-state index < -0.39 is 0 Å². The van der Waals surface area contributed by atoms with Crippen LogP contribution in [0, 0.1) is 5.53 Å². The molecule has 1 aliphatic heterocycles. The van der Waals surface area contributed by atoms with Crippen LogP contribution < -0.4 is 10.6 Å². The van der Waals surface area contributed by atoms with E-state index in [1.54, 1.807) is 0 Å². The van der Waals surface area contributed by atoms with E-state index in [1.807, 2.05) is 30.3 Å². The molecule has 0 radical (unpaired) electrons. The molecule has 0 saturated heterocycles. The summed E-state index contributed by atoms with van der Waals surface area (Å²) >= 11 is 0. The minimum atomic E-state index is 0.705. The number of nitrogens with one attached hydrogen (secondary N) is 1. The predicted octanol–water partition coefficient (Wildman–Crippen LogP) is 2.01. The highest BCUT2D eigenvalue weighted by molar-refractivity contribution is 5.58. The fourth-order valence-electron chi connectivity index (χ4n) is 1.10. The molecule has 1 heterocycles. The fourth-order valence-corrected chi connectivity index (χ4v) is 1.10. The minimum absolute atomic E-state index is 0.705. The molecule has 1 aromatic rings. The molecule has 15 heavy (non-hydrogen) atoms. The summed E-state index contributed by atoms with van der Waals surface area (Å²) in [5, 5.41) is 5.56. The lowest BCUT2D eigenvalue weighted by Gasteiger charge is -2.10. The molecule has 2 rings (SSSR count). The standard InChI is InChI=1S/C9H8O.CH4N4/c1-2-6-9-8(4-1)5-3-7-10-9;2-4-1-5-3/h1-6H,7H2;1-2H,3H2. The molecule has 0 unspecified atom stereocenters. The molecule has 78 valence electrons. The summed E-state index contributed by atoms with van der Waals surface area (Å²) in [5.41, 5.74) is 7.17. The maximum Gasteiger partial charge on any atom is 0.156 e. The average Bonchev–Trinajstić information content (AvgIpc) is 2.31. The third kappa shape index (κ3) is 3.60. The van der Waals surface area contributed by atoms with Crippen LogP contribution in [0.4, 0.5) is 0 Å². The van der Waals surface area contributed by atoms with Crippen molar-refractivity contribution >= 4 is 12.4 Å². The van der Waals surface area contributed by atoms with Gasteiger partial charge in [0, 0.05) is 5.56 Å². The Morgan fingerprint density at radius 3 is 2.80 bits per heavy atom. The summed E-state index contributed by atoms with van der Waals surface area (Å²) in [7, 11) is 0. The first-order valence-electron chi connectivity index (χ1n) is 4.35. The van der Waals surface area contributed by atoms with Crippen molar-refractivity contribution < 1.29 is 4.74 Å². The Bertz CT molecular complexity index is 373. The Hall–Kier alpha value is -2.17. The van der Waals surface area contributed by atoms with Crippen LogP contribution in [0.1, 0.15) is 5.56 Å². The van der Waals surface area contributed by atoms with Gasteiger partial charge in [0.15, 0.2) is 6.34 Å². The molecule has 5 heteroatoms. The number of hydrazone groups is 1. The molecule has 0 saturated carbocycles. The van der Waals surface area contributed by atoms with Gasteiger partial charge in [0.05, 0.1) is 0 Å². The number of rotatable bonds is 1. The van der Waals surface area contributed by atoms with Gasteiger partial charge in [0.2, 0.25) is 0 Å². The molecule has 1 aliphatic rings. The van der Waals surface area contributed by atoms with E-state index in [4.69, 9.17) is 10.3 Å². The molecule has 0 spiro atoms. The van der Waals surface area contributed by atoms with Crippen LogP contribution in [0.3, 0.4) is 0 Å². The van der Waals surface area contributed by atoms with Crippen LogP contribution in [-0.2, 0) is 0 Å². The van der Waals surface area contributed by atoms with Gasteiger partial charge >= 0.3 is 0 Å². The predicted molar refractivity (Wildman–Crippen MR) is 58.8 cm³/mol. The van der Waals surface area contributed by atoms with Crippen molar-refractivity contribution in [1.82, 2.24) is 0 Å². The number of ether oxygens (including phenoxy) is 1. The molecule has 0 bridgehead atoms. The second-order valence-corrected chi connectivity index (χ2v) is 2.64. The van der Waals surface area contributed by atoms with Crippen LogP contribution in [-0.4, -0.2) is 12.9 Å². The lowest BCUT2D eigenvalue weighted by molar-refractivity contribution is 0.358. The van der Waals surface area contributed by atoms with Crippen molar-refractivity contribution in [2.75, 3.05) is 6.61 Å². The van der Waals surface area contributed by atoms with Gasteiger partial charge in [-0.05, 0) is 12.1 Å². The Morgan fingerprint density at radius 2 is 2.20 bits per heavy atom. The summed E-state index contributed by atoms with van der Waals surface area (Å²) in [6.45, 7) is 0.705. The molecule has 0 aliphatic carbocycles. The number of nitrogens with zero attached hydrogens (tertiary/aromatic N) is 2. The number of fused-ring (bicyclic) bond motifs is 1. The largest absolute Gasteiger partial charge is 0.489 e. The highest BCUT2D eigenvalue weighted by Gasteiger charge is 2.01. The Morgan fingerprint density at radius 1 is 1.40 bits per heavy atom. The maximum absolute atomic E-state index is 6.00. The normalized spacial score (nSPS) is 12.3. The van der Waals surface area contributed by atoms with Crippen LogP contribution in [0.15, 0.2) is 40.6 Å². The van der Waals surface area contributed by atoms with Crippen LogP contribution in [0.5, 0.6) is 5.75 Å². The van der Waals surface area contributed by atoms with E-state index in [0.717, 1.165) is 12.1 Å². The Labute approximate surface area is 87.8 Å². The van der Waals surface area contributed by atoms with Gasteiger partial charge in [-0.3, -0.25) is 0 Å². The summed E-state index contributed by atoms with van der Waals surface area (Å²) < 4.78 is 5.34. The van der Waals surface area contributed by atoms with Crippen molar-refractivity contribution in [3.63, 3.8) is 0 Å². The fraction of sp³-hybridized carbons (Fsp3) is 0.100. The van der Waals surface area contributed by atoms with Crippen LogP contribution in [0.2, 0.25) is 0 Å². The number of nitrogens with two attached hydrogens (primary N) is 1. The van der Waals surface area contributed by atoms with Gasteiger partial charge in [-0.1, -0.05) is 24.3 Å². The minimum Gasteiger partial charge on any atom is -0.489 e. The molecule has 0 fully saturated rings. The van der Waals surface area contributed by atoms with Gasteiger partial charge in [-0.15, -0.1) is 5.11 Å². The molecule has 0 amide bonds. The summed E-state index contributed by atoms with van der Waals surface area (Å²) in [6, 6.07) is 8.03.